The molecule has 0 amide bonds. The molecule has 1 aromatic carbocycles. The van der Waals surface area contributed by atoms with Crippen LogP contribution in [-0.4, -0.2) is 26.4 Å². The third-order valence-corrected chi connectivity index (χ3v) is 2.47. The van der Waals surface area contributed by atoms with Crippen molar-refractivity contribution >= 4 is 17.3 Å². The minimum absolute atomic E-state index is 0.417. The van der Waals surface area contributed by atoms with Gasteiger partial charge in [-0.05, 0) is 12.1 Å². The number of anilines is 1. The molecule has 1 saturated heterocycles. The predicted molar refractivity (Wildman–Crippen MR) is 56.2 cm³/mol. The minimum atomic E-state index is 0.417. The Labute approximate surface area is 88.0 Å². The normalized spacial score (nSPS) is 16.1. The highest BCUT2D eigenvalue weighted by atomic mass is 35.5. The van der Waals surface area contributed by atoms with E-state index in [1.807, 2.05) is 18.2 Å². The van der Waals surface area contributed by atoms with Crippen LogP contribution in [0.4, 0.5) is 5.69 Å². The first-order valence-corrected chi connectivity index (χ1v) is 4.85. The number of rotatable bonds is 3. The van der Waals surface area contributed by atoms with E-state index in [1.165, 1.54) is 0 Å². The summed E-state index contributed by atoms with van der Waals surface area (Å²) in [7, 11) is 1.61. The molecule has 76 valence electrons. The molecule has 1 N–H and O–H groups in total. The second-order valence-electron chi connectivity index (χ2n) is 3.23. The maximum absolute atomic E-state index is 5.90. The van der Waals surface area contributed by atoms with Crippen LogP contribution in [0.1, 0.15) is 0 Å². The summed E-state index contributed by atoms with van der Waals surface area (Å²) in [5, 5.41) is 3.94. The summed E-state index contributed by atoms with van der Waals surface area (Å²) < 4.78 is 10.2. The van der Waals surface area contributed by atoms with Crippen LogP contribution in [0.5, 0.6) is 5.75 Å². The van der Waals surface area contributed by atoms with Crippen molar-refractivity contribution in [2.75, 3.05) is 25.6 Å². The minimum Gasteiger partial charge on any atom is -0.495 e. The molecule has 14 heavy (non-hydrogen) atoms. The average molecular weight is 214 g/mol. The molecule has 1 aromatic rings. The molecule has 1 aliphatic heterocycles. The van der Waals surface area contributed by atoms with Gasteiger partial charge in [0.05, 0.1) is 31.4 Å². The summed E-state index contributed by atoms with van der Waals surface area (Å²) >= 11 is 5.90. The number of hydrogen-bond donors (Lipinski definition) is 1. The fourth-order valence-corrected chi connectivity index (χ4v) is 1.50. The van der Waals surface area contributed by atoms with Crippen molar-refractivity contribution in [3.05, 3.63) is 23.2 Å². The second kappa shape index (κ2) is 4.07. The molecule has 0 bridgehead atoms. The highest BCUT2D eigenvalue weighted by Gasteiger charge is 2.17. The van der Waals surface area contributed by atoms with E-state index in [2.05, 4.69) is 5.32 Å². The maximum atomic E-state index is 5.90. The zero-order valence-corrected chi connectivity index (χ0v) is 8.67. The van der Waals surface area contributed by atoms with Crippen LogP contribution < -0.4 is 10.1 Å². The lowest BCUT2D eigenvalue weighted by atomic mass is 10.2. The Hall–Kier alpha value is -0.930. The summed E-state index contributed by atoms with van der Waals surface area (Å²) in [6, 6.07) is 6.06. The number of methoxy groups -OCH3 is 1. The Bertz CT molecular complexity index is 326. The van der Waals surface area contributed by atoms with Gasteiger partial charge in [0.1, 0.15) is 5.75 Å². The fourth-order valence-electron chi connectivity index (χ4n) is 1.30. The van der Waals surface area contributed by atoms with E-state index in [9.17, 15) is 0 Å². The predicted octanol–water partition coefficient (Wildman–Crippen LogP) is 2.16. The fraction of sp³-hybridized carbons (Fsp3) is 0.400. The van der Waals surface area contributed by atoms with Gasteiger partial charge in [-0.3, -0.25) is 0 Å². The van der Waals surface area contributed by atoms with E-state index in [4.69, 9.17) is 21.1 Å². The third kappa shape index (κ3) is 1.94. The lowest BCUT2D eigenvalue weighted by Gasteiger charge is -2.28. The summed E-state index contributed by atoms with van der Waals surface area (Å²) in [5.41, 5.74) is 1.01. The van der Waals surface area contributed by atoms with Crippen molar-refractivity contribution in [3.8, 4) is 5.75 Å². The standard InChI is InChI=1S/C10H12ClNO2/c1-13-10-4-7(2-3-9(10)11)12-8-5-14-6-8/h2-4,8,12H,5-6H2,1H3. The highest BCUT2D eigenvalue weighted by molar-refractivity contribution is 6.32. The number of halogens is 1. The molecule has 2 rings (SSSR count). The van der Waals surface area contributed by atoms with Gasteiger partial charge in [0.2, 0.25) is 0 Å². The van der Waals surface area contributed by atoms with Gasteiger partial charge in [-0.25, -0.2) is 0 Å². The first-order chi connectivity index (χ1) is 6.79. The summed E-state index contributed by atoms with van der Waals surface area (Å²) in [6.45, 7) is 1.54. The van der Waals surface area contributed by atoms with Gasteiger partial charge in [0, 0.05) is 11.8 Å². The van der Waals surface area contributed by atoms with Crippen LogP contribution in [0.15, 0.2) is 18.2 Å². The monoisotopic (exact) mass is 213 g/mol. The molecule has 3 nitrogen and oxygen atoms in total. The molecule has 0 aliphatic carbocycles. The Morgan fingerprint density at radius 2 is 2.29 bits per heavy atom. The third-order valence-electron chi connectivity index (χ3n) is 2.16. The Morgan fingerprint density at radius 1 is 1.50 bits per heavy atom. The van der Waals surface area contributed by atoms with Crippen LogP contribution in [0.2, 0.25) is 5.02 Å². The molecule has 1 aliphatic rings. The van der Waals surface area contributed by atoms with Gasteiger partial charge in [-0.2, -0.15) is 0 Å². The van der Waals surface area contributed by atoms with E-state index >= 15 is 0 Å². The lowest BCUT2D eigenvalue weighted by Crippen LogP contribution is -2.40. The zero-order valence-electron chi connectivity index (χ0n) is 7.92. The van der Waals surface area contributed by atoms with Gasteiger partial charge in [-0.15, -0.1) is 0 Å². The summed E-state index contributed by atoms with van der Waals surface area (Å²) in [5.74, 6) is 0.692. The van der Waals surface area contributed by atoms with Crippen molar-refractivity contribution < 1.29 is 9.47 Å². The quantitative estimate of drug-likeness (QED) is 0.835. The summed E-state index contributed by atoms with van der Waals surface area (Å²) in [6.07, 6.45) is 0. The Morgan fingerprint density at radius 3 is 2.86 bits per heavy atom. The first-order valence-electron chi connectivity index (χ1n) is 4.47. The van der Waals surface area contributed by atoms with Crippen molar-refractivity contribution in [2.45, 2.75) is 6.04 Å². The van der Waals surface area contributed by atoms with Gasteiger partial charge < -0.3 is 14.8 Å². The van der Waals surface area contributed by atoms with Crippen molar-refractivity contribution in [1.82, 2.24) is 0 Å². The van der Waals surface area contributed by atoms with Crippen LogP contribution >= 0.6 is 11.6 Å². The topological polar surface area (TPSA) is 30.5 Å². The molecule has 0 spiro atoms. The molecule has 0 atom stereocenters. The van der Waals surface area contributed by atoms with Crippen LogP contribution in [0.3, 0.4) is 0 Å². The highest BCUT2D eigenvalue weighted by Crippen LogP contribution is 2.28. The molecule has 1 fully saturated rings. The smallest absolute Gasteiger partial charge is 0.139 e. The molecule has 0 radical (unpaired) electrons. The van der Waals surface area contributed by atoms with Gasteiger partial charge in [0.15, 0.2) is 0 Å². The Balaban J connectivity index is 2.09. The second-order valence-corrected chi connectivity index (χ2v) is 3.64. The van der Waals surface area contributed by atoms with Crippen molar-refractivity contribution in [1.29, 1.82) is 0 Å². The molecule has 0 saturated carbocycles. The van der Waals surface area contributed by atoms with E-state index in [0.717, 1.165) is 18.9 Å². The molecule has 4 heteroatoms. The molecular weight excluding hydrogens is 202 g/mol. The summed E-state index contributed by atoms with van der Waals surface area (Å²) in [4.78, 5) is 0. The SMILES string of the molecule is COc1cc(NC2COC2)ccc1Cl. The number of ether oxygens (including phenoxy) is 2. The molecule has 0 unspecified atom stereocenters. The lowest BCUT2D eigenvalue weighted by molar-refractivity contribution is 0.0211. The molecular formula is C10H12ClNO2. The van der Waals surface area contributed by atoms with Gasteiger partial charge in [-0.1, -0.05) is 11.6 Å². The number of hydrogen-bond acceptors (Lipinski definition) is 3. The zero-order chi connectivity index (χ0) is 9.97. The van der Waals surface area contributed by atoms with E-state index in [0.29, 0.717) is 16.8 Å². The van der Waals surface area contributed by atoms with Crippen LogP contribution in [0.25, 0.3) is 0 Å². The van der Waals surface area contributed by atoms with E-state index < -0.39 is 0 Å². The largest absolute Gasteiger partial charge is 0.495 e. The van der Waals surface area contributed by atoms with Crippen LogP contribution in [-0.2, 0) is 4.74 Å². The van der Waals surface area contributed by atoms with Gasteiger partial charge >= 0.3 is 0 Å². The maximum Gasteiger partial charge on any atom is 0.139 e. The van der Waals surface area contributed by atoms with Gasteiger partial charge in [0.25, 0.3) is 0 Å². The number of nitrogens with one attached hydrogen (secondary N) is 1. The van der Waals surface area contributed by atoms with E-state index in [1.54, 1.807) is 7.11 Å². The number of benzene rings is 1. The first kappa shape index (κ1) is 9.62. The Kier molecular flexibility index (Phi) is 2.79. The molecule has 1 heterocycles. The van der Waals surface area contributed by atoms with E-state index in [-0.39, 0.29) is 0 Å². The van der Waals surface area contributed by atoms with Crippen molar-refractivity contribution in [3.63, 3.8) is 0 Å². The molecule has 0 aromatic heterocycles. The van der Waals surface area contributed by atoms with Crippen molar-refractivity contribution in [2.24, 2.45) is 0 Å². The van der Waals surface area contributed by atoms with Crippen LogP contribution in [0, 0.1) is 0 Å². The average Bonchev–Trinajstić information content (AvgIpc) is 2.14.